The number of piperidine rings is 1. The van der Waals surface area contributed by atoms with E-state index in [9.17, 15) is 18.0 Å². The first-order valence-electron chi connectivity index (χ1n) is 10.9. The van der Waals surface area contributed by atoms with E-state index in [0.29, 0.717) is 37.4 Å². The first-order chi connectivity index (χ1) is 16.2. The number of carbonyl (C=O) groups excluding carboxylic acids is 2. The quantitative estimate of drug-likeness (QED) is 0.524. The molecule has 0 N–H and O–H groups in total. The average Bonchev–Trinajstić information content (AvgIpc) is 2.86. The van der Waals surface area contributed by atoms with Crippen LogP contribution >= 0.6 is 0 Å². The second-order valence-corrected chi connectivity index (χ2v) is 9.90. The predicted molar refractivity (Wildman–Crippen MR) is 127 cm³/mol. The molecule has 0 bridgehead atoms. The van der Waals surface area contributed by atoms with E-state index < -0.39 is 10.0 Å². The van der Waals surface area contributed by atoms with E-state index in [-0.39, 0.29) is 35.0 Å². The number of rotatable bonds is 8. The molecule has 1 fully saturated rings. The molecule has 0 radical (unpaired) electrons. The number of methoxy groups -OCH3 is 3. The van der Waals surface area contributed by atoms with Gasteiger partial charge in [-0.2, -0.15) is 0 Å². The summed E-state index contributed by atoms with van der Waals surface area (Å²) >= 11 is 0. The van der Waals surface area contributed by atoms with Crippen molar-refractivity contribution in [1.82, 2.24) is 4.90 Å². The molecular formula is C24H30N2O7S. The minimum Gasteiger partial charge on any atom is -0.493 e. The number of esters is 1. The van der Waals surface area contributed by atoms with Crippen molar-refractivity contribution in [2.24, 2.45) is 5.92 Å². The minimum absolute atomic E-state index is 0.0251. The first kappa shape index (κ1) is 25.4. The van der Waals surface area contributed by atoms with E-state index in [2.05, 4.69) is 0 Å². The van der Waals surface area contributed by atoms with E-state index in [1.54, 1.807) is 29.2 Å². The second-order valence-electron chi connectivity index (χ2n) is 8.04. The molecule has 1 heterocycles. The van der Waals surface area contributed by atoms with Crippen LogP contribution in [0.1, 0.15) is 18.4 Å². The number of hydrogen-bond acceptors (Lipinski definition) is 7. The van der Waals surface area contributed by atoms with Crippen molar-refractivity contribution in [2.75, 3.05) is 45.3 Å². The summed E-state index contributed by atoms with van der Waals surface area (Å²) in [6.07, 6.45) is 0.955. The number of amides is 1. The minimum atomic E-state index is -4.11. The van der Waals surface area contributed by atoms with E-state index in [4.69, 9.17) is 14.2 Å². The number of hydrogen-bond donors (Lipinski definition) is 0. The van der Waals surface area contributed by atoms with Gasteiger partial charge in [0, 0.05) is 19.2 Å². The van der Waals surface area contributed by atoms with Crippen molar-refractivity contribution in [3.63, 3.8) is 0 Å². The molecule has 1 saturated heterocycles. The molecule has 0 aliphatic carbocycles. The standard InChI is InChI=1S/C24H30N2O7S/c1-17-5-7-19(8-6-17)26(16-23(27)25-13-11-18(12-14-25)24(28)33-4)34(29,30)20-9-10-21(31-2)22(15-20)32-3/h5-10,15,18H,11-14,16H2,1-4H3. The van der Waals surface area contributed by atoms with Gasteiger partial charge in [-0.15, -0.1) is 0 Å². The van der Waals surface area contributed by atoms with E-state index in [0.717, 1.165) is 9.87 Å². The first-order valence-corrected chi connectivity index (χ1v) is 12.3. The number of carbonyl (C=O) groups is 2. The fourth-order valence-corrected chi connectivity index (χ4v) is 5.31. The van der Waals surface area contributed by atoms with Crippen molar-refractivity contribution < 1.29 is 32.2 Å². The van der Waals surface area contributed by atoms with E-state index in [1.807, 2.05) is 6.92 Å². The van der Waals surface area contributed by atoms with Gasteiger partial charge in [0.2, 0.25) is 5.91 Å². The Balaban J connectivity index is 1.90. The molecule has 1 aliphatic rings. The molecule has 1 amide bonds. The summed E-state index contributed by atoms with van der Waals surface area (Å²) < 4.78 is 43.7. The summed E-state index contributed by atoms with van der Waals surface area (Å²) in [6.45, 7) is 2.24. The van der Waals surface area contributed by atoms with Crippen LogP contribution in [0.3, 0.4) is 0 Å². The van der Waals surface area contributed by atoms with Crippen LogP contribution in [-0.2, 0) is 24.3 Å². The lowest BCUT2D eigenvalue weighted by molar-refractivity contribution is -0.148. The van der Waals surface area contributed by atoms with Gasteiger partial charge in [0.1, 0.15) is 6.54 Å². The lowest BCUT2D eigenvalue weighted by Crippen LogP contribution is -2.46. The van der Waals surface area contributed by atoms with Crippen molar-refractivity contribution in [1.29, 1.82) is 0 Å². The maximum atomic E-state index is 13.7. The lowest BCUT2D eigenvalue weighted by Gasteiger charge is -2.33. The van der Waals surface area contributed by atoms with Crippen LogP contribution < -0.4 is 13.8 Å². The third-order valence-electron chi connectivity index (χ3n) is 5.93. The Bertz CT molecular complexity index is 1120. The maximum Gasteiger partial charge on any atom is 0.308 e. The zero-order valence-corrected chi connectivity index (χ0v) is 20.6. The third-order valence-corrected chi connectivity index (χ3v) is 7.70. The van der Waals surface area contributed by atoms with Crippen LogP contribution in [0, 0.1) is 12.8 Å². The topological polar surface area (TPSA) is 102 Å². The van der Waals surface area contributed by atoms with Gasteiger partial charge in [-0.25, -0.2) is 8.42 Å². The van der Waals surface area contributed by atoms with Crippen molar-refractivity contribution in [3.05, 3.63) is 48.0 Å². The van der Waals surface area contributed by atoms with Gasteiger partial charge in [-0.3, -0.25) is 13.9 Å². The highest BCUT2D eigenvalue weighted by Crippen LogP contribution is 2.32. The van der Waals surface area contributed by atoms with Crippen LogP contribution in [0.25, 0.3) is 0 Å². The summed E-state index contributed by atoms with van der Waals surface area (Å²) in [5, 5.41) is 0. The monoisotopic (exact) mass is 490 g/mol. The summed E-state index contributed by atoms with van der Waals surface area (Å²) in [4.78, 5) is 26.5. The van der Waals surface area contributed by atoms with Gasteiger partial charge in [0.25, 0.3) is 10.0 Å². The molecule has 1 aliphatic heterocycles. The normalized spacial score (nSPS) is 14.4. The zero-order chi connectivity index (χ0) is 24.9. The molecule has 9 nitrogen and oxygen atoms in total. The highest BCUT2D eigenvalue weighted by molar-refractivity contribution is 7.92. The Morgan fingerprint density at radius 1 is 0.971 bits per heavy atom. The number of anilines is 1. The smallest absolute Gasteiger partial charge is 0.308 e. The number of likely N-dealkylation sites (tertiary alicyclic amines) is 1. The van der Waals surface area contributed by atoms with Crippen molar-refractivity contribution in [3.8, 4) is 11.5 Å². The zero-order valence-electron chi connectivity index (χ0n) is 19.8. The molecule has 184 valence electrons. The fraction of sp³-hybridized carbons (Fsp3) is 0.417. The number of nitrogens with zero attached hydrogens (tertiary/aromatic N) is 2. The molecular weight excluding hydrogens is 460 g/mol. The van der Waals surface area contributed by atoms with Crippen molar-refractivity contribution >= 4 is 27.6 Å². The molecule has 0 atom stereocenters. The molecule has 0 aromatic heterocycles. The van der Waals surface area contributed by atoms with Crippen LogP contribution in [0.15, 0.2) is 47.4 Å². The number of ether oxygens (including phenoxy) is 3. The number of benzene rings is 2. The Kier molecular flexibility index (Phi) is 8.03. The molecule has 0 saturated carbocycles. The lowest BCUT2D eigenvalue weighted by atomic mass is 9.97. The number of sulfonamides is 1. The van der Waals surface area contributed by atoms with Gasteiger partial charge < -0.3 is 19.1 Å². The summed E-state index contributed by atoms with van der Waals surface area (Å²) in [7, 11) is 0.124. The highest BCUT2D eigenvalue weighted by Gasteiger charge is 2.32. The molecule has 0 unspecified atom stereocenters. The van der Waals surface area contributed by atoms with E-state index >= 15 is 0 Å². The van der Waals surface area contributed by atoms with Gasteiger partial charge in [0.05, 0.1) is 37.8 Å². The fourth-order valence-electron chi connectivity index (χ4n) is 3.88. The Labute approximate surface area is 200 Å². The SMILES string of the molecule is COC(=O)C1CCN(C(=O)CN(c2ccc(C)cc2)S(=O)(=O)c2ccc(OC)c(OC)c2)CC1. The Morgan fingerprint density at radius 3 is 2.15 bits per heavy atom. The highest BCUT2D eigenvalue weighted by atomic mass is 32.2. The predicted octanol–water partition coefficient (Wildman–Crippen LogP) is 2.62. The second kappa shape index (κ2) is 10.8. The van der Waals surface area contributed by atoms with Gasteiger partial charge in [-0.1, -0.05) is 17.7 Å². The summed E-state index contributed by atoms with van der Waals surface area (Å²) in [6, 6.07) is 11.2. The molecule has 10 heteroatoms. The van der Waals surface area contributed by atoms with Gasteiger partial charge >= 0.3 is 5.97 Å². The average molecular weight is 491 g/mol. The molecule has 3 rings (SSSR count). The third kappa shape index (κ3) is 5.44. The number of aryl methyl sites for hydroxylation is 1. The maximum absolute atomic E-state index is 13.7. The van der Waals surface area contributed by atoms with Crippen LogP contribution in [0.4, 0.5) is 5.69 Å². The van der Waals surface area contributed by atoms with Crippen LogP contribution in [-0.4, -0.2) is 66.2 Å². The molecule has 2 aromatic carbocycles. The van der Waals surface area contributed by atoms with E-state index in [1.165, 1.54) is 39.5 Å². The molecule has 34 heavy (non-hydrogen) atoms. The Morgan fingerprint density at radius 2 is 1.59 bits per heavy atom. The Hall–Kier alpha value is -3.27. The van der Waals surface area contributed by atoms with Crippen molar-refractivity contribution in [2.45, 2.75) is 24.7 Å². The van der Waals surface area contributed by atoms with Crippen LogP contribution in [0.2, 0.25) is 0 Å². The molecule has 2 aromatic rings. The molecule has 0 spiro atoms. The van der Waals surface area contributed by atoms with Crippen LogP contribution in [0.5, 0.6) is 11.5 Å². The van der Waals surface area contributed by atoms with Gasteiger partial charge in [0.15, 0.2) is 11.5 Å². The largest absolute Gasteiger partial charge is 0.493 e. The summed E-state index contributed by atoms with van der Waals surface area (Å²) in [5.41, 5.74) is 1.33. The van der Waals surface area contributed by atoms with Gasteiger partial charge in [-0.05, 0) is 44.0 Å². The summed E-state index contributed by atoms with van der Waals surface area (Å²) in [5.74, 6) is -0.216.